The second-order valence-corrected chi connectivity index (χ2v) is 5.84. The summed E-state index contributed by atoms with van der Waals surface area (Å²) in [6.45, 7) is 5.00. The van der Waals surface area contributed by atoms with Crippen LogP contribution in [-0.4, -0.2) is 11.5 Å². The van der Waals surface area contributed by atoms with E-state index in [9.17, 15) is 10.1 Å². The van der Waals surface area contributed by atoms with Gasteiger partial charge in [-0.25, -0.2) is 0 Å². The van der Waals surface area contributed by atoms with Crippen molar-refractivity contribution < 1.29 is 4.92 Å². The lowest BCUT2D eigenvalue weighted by molar-refractivity contribution is -0.384. The highest BCUT2D eigenvalue weighted by molar-refractivity contribution is 6.33. The third-order valence-corrected chi connectivity index (χ3v) is 4.61. The summed E-state index contributed by atoms with van der Waals surface area (Å²) in [5.41, 5.74) is 2.14. The number of rotatable bonds is 5. The van der Waals surface area contributed by atoms with Crippen LogP contribution < -0.4 is 5.32 Å². The van der Waals surface area contributed by atoms with Crippen LogP contribution in [0.3, 0.4) is 0 Å². The number of nitro benzene ring substituents is 1. The summed E-state index contributed by atoms with van der Waals surface area (Å²) in [4.78, 5) is 10.4. The van der Waals surface area contributed by atoms with E-state index in [1.165, 1.54) is 31.7 Å². The number of hydrogen-bond donors (Lipinski definition) is 1. The molecule has 19 heavy (non-hydrogen) atoms. The Hall–Kier alpha value is -1.29. The molecule has 104 valence electrons. The molecule has 0 unspecified atom stereocenters. The molecule has 0 spiro atoms. The smallest absolute Gasteiger partial charge is 0.288 e. The lowest BCUT2D eigenvalue weighted by Crippen LogP contribution is -2.35. The number of halogens is 1. The average Bonchev–Trinajstić information content (AvgIpc) is 2.31. The van der Waals surface area contributed by atoms with Gasteiger partial charge in [-0.1, -0.05) is 24.9 Å². The Balaban J connectivity index is 2.13. The van der Waals surface area contributed by atoms with Crippen LogP contribution in [0.25, 0.3) is 0 Å². The van der Waals surface area contributed by atoms with E-state index >= 15 is 0 Å². The molecule has 1 aliphatic rings. The zero-order valence-corrected chi connectivity index (χ0v) is 12.1. The zero-order valence-electron chi connectivity index (χ0n) is 11.3. The first-order valence-corrected chi connectivity index (χ1v) is 7.04. The highest BCUT2D eigenvalue weighted by Gasteiger charge is 2.34. The predicted molar refractivity (Wildman–Crippen MR) is 77.9 cm³/mol. The van der Waals surface area contributed by atoms with Crippen molar-refractivity contribution in [2.24, 2.45) is 5.41 Å². The van der Waals surface area contributed by atoms with E-state index in [-0.39, 0.29) is 10.7 Å². The van der Waals surface area contributed by atoms with Gasteiger partial charge in [0.05, 0.1) is 4.92 Å². The molecule has 1 aromatic carbocycles. The molecule has 1 aliphatic carbocycles. The molecular weight excluding hydrogens is 264 g/mol. The van der Waals surface area contributed by atoms with Gasteiger partial charge in [0.1, 0.15) is 5.02 Å². The van der Waals surface area contributed by atoms with E-state index in [1.54, 1.807) is 6.07 Å². The van der Waals surface area contributed by atoms with Crippen LogP contribution in [0, 0.1) is 22.5 Å². The lowest BCUT2D eigenvalue weighted by atomic mass is 9.67. The van der Waals surface area contributed by atoms with Gasteiger partial charge in [0.15, 0.2) is 0 Å². The Morgan fingerprint density at radius 1 is 1.47 bits per heavy atom. The Labute approximate surface area is 118 Å². The maximum atomic E-state index is 10.8. The first-order valence-electron chi connectivity index (χ1n) is 6.66. The molecule has 1 saturated carbocycles. The SMILES string of the molecule is CCC1(CNc2cc(Cl)c([N+](=O)[O-])cc2C)CCC1. The number of hydrogen-bond acceptors (Lipinski definition) is 3. The molecule has 0 bridgehead atoms. The van der Waals surface area contributed by atoms with Crippen molar-refractivity contribution in [3.8, 4) is 0 Å². The van der Waals surface area contributed by atoms with E-state index in [2.05, 4.69) is 12.2 Å². The van der Waals surface area contributed by atoms with Crippen molar-refractivity contribution in [2.45, 2.75) is 39.5 Å². The fourth-order valence-corrected chi connectivity index (χ4v) is 2.84. The van der Waals surface area contributed by atoms with E-state index in [1.807, 2.05) is 6.92 Å². The Bertz CT molecular complexity index is 493. The van der Waals surface area contributed by atoms with Crippen LogP contribution in [-0.2, 0) is 0 Å². The van der Waals surface area contributed by atoms with Crippen LogP contribution in [0.15, 0.2) is 12.1 Å². The first kappa shape index (κ1) is 14.1. The topological polar surface area (TPSA) is 55.2 Å². The molecule has 1 N–H and O–H groups in total. The minimum atomic E-state index is -0.446. The lowest BCUT2D eigenvalue weighted by Gasteiger charge is -2.41. The fourth-order valence-electron chi connectivity index (χ4n) is 2.61. The summed E-state index contributed by atoms with van der Waals surface area (Å²) in [6, 6.07) is 3.20. The number of aryl methyl sites for hydroxylation is 1. The Kier molecular flexibility index (Phi) is 3.99. The number of nitro groups is 1. The number of nitrogens with zero attached hydrogens (tertiary/aromatic N) is 1. The summed E-state index contributed by atoms with van der Waals surface area (Å²) in [7, 11) is 0. The monoisotopic (exact) mass is 282 g/mol. The maximum Gasteiger partial charge on any atom is 0.288 e. The Morgan fingerprint density at radius 3 is 2.63 bits per heavy atom. The van der Waals surface area contributed by atoms with E-state index in [0.29, 0.717) is 5.41 Å². The highest BCUT2D eigenvalue weighted by atomic mass is 35.5. The third-order valence-electron chi connectivity index (χ3n) is 4.31. The van der Waals surface area contributed by atoms with E-state index in [0.717, 1.165) is 17.8 Å². The van der Waals surface area contributed by atoms with Crippen LogP contribution in [0.2, 0.25) is 5.02 Å². The highest BCUT2D eigenvalue weighted by Crippen LogP contribution is 2.44. The second-order valence-electron chi connectivity index (χ2n) is 5.44. The van der Waals surface area contributed by atoms with Gasteiger partial charge in [-0.15, -0.1) is 0 Å². The summed E-state index contributed by atoms with van der Waals surface area (Å²) in [6.07, 6.45) is 4.99. The van der Waals surface area contributed by atoms with Gasteiger partial charge in [0, 0.05) is 18.3 Å². The Morgan fingerprint density at radius 2 is 2.16 bits per heavy atom. The molecule has 4 nitrogen and oxygen atoms in total. The van der Waals surface area contributed by atoms with Crippen LogP contribution in [0.1, 0.15) is 38.2 Å². The van der Waals surface area contributed by atoms with Crippen molar-refractivity contribution in [1.29, 1.82) is 0 Å². The first-order chi connectivity index (χ1) is 8.97. The second kappa shape index (κ2) is 5.37. The average molecular weight is 283 g/mol. The molecule has 2 rings (SSSR count). The number of anilines is 1. The van der Waals surface area contributed by atoms with Gasteiger partial charge in [-0.3, -0.25) is 10.1 Å². The molecule has 1 aromatic rings. The minimum absolute atomic E-state index is 0.0291. The van der Waals surface area contributed by atoms with E-state index < -0.39 is 4.92 Å². The molecule has 0 aromatic heterocycles. The van der Waals surface area contributed by atoms with Crippen LogP contribution in [0.4, 0.5) is 11.4 Å². The van der Waals surface area contributed by atoms with Gasteiger partial charge in [0.25, 0.3) is 5.69 Å². The normalized spacial score (nSPS) is 16.8. The molecule has 5 heteroatoms. The third kappa shape index (κ3) is 2.84. The van der Waals surface area contributed by atoms with Crippen LogP contribution >= 0.6 is 11.6 Å². The predicted octanol–water partition coefficient (Wildman–Crippen LogP) is 4.55. The summed E-state index contributed by atoms with van der Waals surface area (Å²) >= 11 is 5.95. The molecule has 0 heterocycles. The van der Waals surface area contributed by atoms with Gasteiger partial charge < -0.3 is 5.32 Å². The summed E-state index contributed by atoms with van der Waals surface area (Å²) in [5.74, 6) is 0. The number of nitrogens with one attached hydrogen (secondary N) is 1. The molecule has 1 fully saturated rings. The zero-order chi connectivity index (χ0) is 14.0. The van der Waals surface area contributed by atoms with Gasteiger partial charge in [-0.05, 0) is 43.2 Å². The van der Waals surface area contributed by atoms with Gasteiger partial charge >= 0.3 is 0 Å². The quantitative estimate of drug-likeness (QED) is 0.637. The van der Waals surface area contributed by atoms with Crippen LogP contribution in [0.5, 0.6) is 0 Å². The van der Waals surface area contributed by atoms with Gasteiger partial charge in [0.2, 0.25) is 0 Å². The van der Waals surface area contributed by atoms with Gasteiger partial charge in [-0.2, -0.15) is 0 Å². The molecule has 0 atom stereocenters. The van der Waals surface area contributed by atoms with Crippen molar-refractivity contribution in [3.05, 3.63) is 32.8 Å². The van der Waals surface area contributed by atoms with Crippen molar-refractivity contribution >= 4 is 23.0 Å². The van der Waals surface area contributed by atoms with Crippen molar-refractivity contribution in [1.82, 2.24) is 0 Å². The number of benzene rings is 1. The molecule has 0 saturated heterocycles. The van der Waals surface area contributed by atoms with E-state index in [4.69, 9.17) is 11.6 Å². The van der Waals surface area contributed by atoms with Crippen molar-refractivity contribution in [3.63, 3.8) is 0 Å². The molecule has 0 radical (unpaired) electrons. The van der Waals surface area contributed by atoms with Crippen molar-refractivity contribution in [2.75, 3.05) is 11.9 Å². The maximum absolute atomic E-state index is 10.8. The summed E-state index contributed by atoms with van der Waals surface area (Å²) < 4.78 is 0. The molecule has 0 aliphatic heterocycles. The summed E-state index contributed by atoms with van der Waals surface area (Å²) in [5, 5.41) is 14.4. The molecule has 0 amide bonds. The minimum Gasteiger partial charge on any atom is -0.384 e. The standard InChI is InChI=1S/C14H19ClN2O2/c1-3-14(5-4-6-14)9-16-12-8-11(15)13(17(18)19)7-10(12)2/h7-8,16H,3-6,9H2,1-2H3. The fraction of sp³-hybridized carbons (Fsp3) is 0.571. The largest absolute Gasteiger partial charge is 0.384 e. The molecular formula is C14H19ClN2O2.